The molecule has 2 heterocycles. The molecule has 9 nitrogen and oxygen atoms in total. The van der Waals surface area contributed by atoms with Gasteiger partial charge in [0.25, 0.3) is 0 Å². The number of ketones is 4. The van der Waals surface area contributed by atoms with E-state index in [2.05, 4.69) is 13.8 Å². The Bertz CT molecular complexity index is 1440. The van der Waals surface area contributed by atoms with Crippen LogP contribution in [0.1, 0.15) is 151 Å². The lowest BCUT2D eigenvalue weighted by Gasteiger charge is -2.49. The first-order chi connectivity index (χ1) is 23.9. The number of hydrogen-bond donors (Lipinski definition) is 0. The van der Waals surface area contributed by atoms with Gasteiger partial charge in [0.2, 0.25) is 11.7 Å². The second-order valence-corrected chi connectivity index (χ2v) is 21.4. The normalized spacial score (nSPS) is 30.8. The molecule has 0 aromatic heterocycles. The number of carbonyl (C=O) groups is 5. The largest absolute Gasteiger partial charge is 0.381 e. The van der Waals surface area contributed by atoms with E-state index in [1.165, 1.54) is 0 Å². The highest BCUT2D eigenvalue weighted by Gasteiger charge is 2.69. The van der Waals surface area contributed by atoms with Gasteiger partial charge in [0, 0.05) is 44.8 Å². The van der Waals surface area contributed by atoms with E-state index in [9.17, 15) is 32.4 Å². The number of nitrogens with zero attached hydrogens (tertiary/aromatic N) is 1. The summed E-state index contributed by atoms with van der Waals surface area (Å²) in [5.74, 6) is -2.37. The number of fused-ring (bicyclic) bond motifs is 3. The van der Waals surface area contributed by atoms with Crippen molar-refractivity contribution in [2.24, 2.45) is 40.4 Å². The fourth-order valence-corrected chi connectivity index (χ4v) is 12.2. The van der Waals surface area contributed by atoms with Crippen LogP contribution in [0, 0.1) is 40.4 Å². The maximum Gasteiger partial charge on any atom is 0.229 e. The second-order valence-electron chi connectivity index (χ2n) is 18.4. The molecule has 5 atom stereocenters. The van der Waals surface area contributed by atoms with Crippen molar-refractivity contribution < 1.29 is 37.1 Å². The molecule has 51 heavy (non-hydrogen) atoms. The smallest absolute Gasteiger partial charge is 0.229 e. The lowest BCUT2D eigenvalue weighted by molar-refractivity contribution is -0.147. The number of rotatable bonds is 11. The Hall–Kier alpha value is -1.94. The minimum absolute atomic E-state index is 0.0319. The van der Waals surface area contributed by atoms with Crippen LogP contribution in [0.2, 0.25) is 0 Å². The molecule has 2 saturated heterocycles. The van der Waals surface area contributed by atoms with Crippen LogP contribution in [0.5, 0.6) is 0 Å². The maximum absolute atomic E-state index is 14.6. The molecule has 3 aliphatic carbocycles. The summed E-state index contributed by atoms with van der Waals surface area (Å²) in [6.45, 7) is 12.2. The van der Waals surface area contributed by atoms with Crippen LogP contribution in [0.25, 0.3) is 0 Å². The molecule has 0 aromatic rings. The highest BCUT2D eigenvalue weighted by Crippen LogP contribution is 2.65. The van der Waals surface area contributed by atoms with Gasteiger partial charge in [0.05, 0.1) is 28.6 Å². The van der Waals surface area contributed by atoms with Crippen molar-refractivity contribution in [3.05, 3.63) is 0 Å². The minimum Gasteiger partial charge on any atom is -0.381 e. The molecule has 0 N–H and O–H groups in total. The highest BCUT2D eigenvalue weighted by atomic mass is 32.2. The molecule has 0 aromatic carbocycles. The van der Waals surface area contributed by atoms with E-state index in [0.29, 0.717) is 38.3 Å². The minimum atomic E-state index is -3.55. The van der Waals surface area contributed by atoms with E-state index >= 15 is 0 Å². The van der Waals surface area contributed by atoms with E-state index in [4.69, 9.17) is 4.74 Å². The number of sulfone groups is 1. The van der Waals surface area contributed by atoms with E-state index in [-0.39, 0.29) is 72.8 Å². The van der Waals surface area contributed by atoms with E-state index in [1.807, 2.05) is 0 Å². The fraction of sp³-hybridized carbons (Fsp3) is 0.878. The topological polar surface area (TPSA) is 132 Å². The molecular formula is C41H65NO8S. The van der Waals surface area contributed by atoms with Crippen molar-refractivity contribution in [3.8, 4) is 0 Å². The number of amides is 1. The van der Waals surface area contributed by atoms with Gasteiger partial charge in [-0.1, -0.05) is 58.8 Å². The van der Waals surface area contributed by atoms with Gasteiger partial charge < -0.3 is 9.64 Å². The van der Waals surface area contributed by atoms with Crippen LogP contribution < -0.4 is 0 Å². The molecular weight excluding hydrogens is 667 g/mol. The first-order valence-corrected chi connectivity index (χ1v) is 21.7. The Morgan fingerprint density at radius 3 is 2.18 bits per heavy atom. The number of hydrogen-bond acceptors (Lipinski definition) is 8. The van der Waals surface area contributed by atoms with Gasteiger partial charge in [0.1, 0.15) is 5.78 Å². The molecule has 2 aliphatic heterocycles. The first-order valence-electron chi connectivity index (χ1n) is 20.2. The standard InChI is InChI=1S/C41H65NO8S/c1-27(2)51(48,49)40(5,6)41(18-12-10-13-19-41)24-31(43)22-30-26-50-20-14-9-7-8-11-15-29(37(46)34(45)21-28-16-17-28)23-33(44)36-35-32(39(35,3)4)25-42(36)38(30)47/h27-30,32,35-36H,7-26H2,1-6H3/t29-,30+,32+,35+,36-/m1/s1. The summed E-state index contributed by atoms with van der Waals surface area (Å²) in [6.07, 6.45) is 11.1. The van der Waals surface area contributed by atoms with Gasteiger partial charge in [-0.15, -0.1) is 0 Å². The van der Waals surface area contributed by atoms with Crippen molar-refractivity contribution in [1.82, 2.24) is 4.90 Å². The van der Waals surface area contributed by atoms with Crippen molar-refractivity contribution >= 4 is 38.9 Å². The summed E-state index contributed by atoms with van der Waals surface area (Å²) in [5.41, 5.74) is -0.841. The lowest BCUT2D eigenvalue weighted by atomic mass is 9.63. The summed E-state index contributed by atoms with van der Waals surface area (Å²) >= 11 is 0. The van der Waals surface area contributed by atoms with Crippen molar-refractivity contribution in [1.29, 1.82) is 0 Å². The van der Waals surface area contributed by atoms with Crippen LogP contribution in [0.3, 0.4) is 0 Å². The van der Waals surface area contributed by atoms with Crippen LogP contribution in [0.15, 0.2) is 0 Å². The average molecular weight is 732 g/mol. The number of piperidine rings is 1. The Balaban J connectivity index is 1.39. The Labute approximate surface area is 307 Å². The summed E-state index contributed by atoms with van der Waals surface area (Å²) in [5, 5.41) is -0.573. The molecule has 0 bridgehead atoms. The first kappa shape index (κ1) is 40.2. The van der Waals surface area contributed by atoms with E-state index in [0.717, 1.165) is 64.2 Å². The molecule has 0 radical (unpaired) electrons. The molecule has 5 rings (SSSR count). The zero-order valence-corrected chi connectivity index (χ0v) is 33.1. The van der Waals surface area contributed by atoms with Gasteiger partial charge >= 0.3 is 0 Å². The van der Waals surface area contributed by atoms with Gasteiger partial charge in [-0.25, -0.2) is 8.42 Å². The predicted octanol–water partition coefficient (Wildman–Crippen LogP) is 6.87. The zero-order valence-electron chi connectivity index (χ0n) is 32.3. The van der Waals surface area contributed by atoms with E-state index < -0.39 is 48.9 Å². The summed E-state index contributed by atoms with van der Waals surface area (Å²) in [7, 11) is -3.55. The molecule has 5 fully saturated rings. The third-order valence-corrected chi connectivity index (χ3v) is 17.1. The monoisotopic (exact) mass is 731 g/mol. The number of ether oxygens (including phenoxy) is 1. The molecule has 1 amide bonds. The Kier molecular flexibility index (Phi) is 12.5. The van der Waals surface area contributed by atoms with Crippen LogP contribution in [0.4, 0.5) is 0 Å². The van der Waals surface area contributed by atoms with Crippen LogP contribution in [-0.2, 0) is 38.5 Å². The number of Topliss-reactive ketones (excluding diaryl/α,β-unsaturated/α-hetero) is 4. The molecule has 0 unspecified atom stereocenters. The SMILES string of the molecule is CC(C)S(=O)(=O)C(C)(C)C1(CC(=O)C[C@H]2COCCCCCCC[C@@H](C(=O)C(=O)CC3CC3)CC(=O)[C@@H]3[C@@H]4[C@H](CN3C2=O)C4(C)C)CCCCC1. The van der Waals surface area contributed by atoms with Gasteiger partial charge in [-0.2, -0.15) is 0 Å². The fourth-order valence-electron chi connectivity index (χ4n) is 10.1. The lowest BCUT2D eigenvalue weighted by Crippen LogP contribution is -2.54. The third kappa shape index (κ3) is 8.42. The molecule has 0 spiro atoms. The van der Waals surface area contributed by atoms with Crippen LogP contribution in [-0.4, -0.2) is 78.2 Å². The molecule has 3 saturated carbocycles. The second kappa shape index (κ2) is 15.8. The maximum atomic E-state index is 14.6. The van der Waals surface area contributed by atoms with Crippen molar-refractivity contribution in [3.63, 3.8) is 0 Å². The van der Waals surface area contributed by atoms with Gasteiger partial charge in [-0.3, -0.25) is 24.0 Å². The zero-order chi connectivity index (χ0) is 37.4. The molecule has 10 heteroatoms. The van der Waals surface area contributed by atoms with Crippen LogP contribution >= 0.6 is 0 Å². The van der Waals surface area contributed by atoms with Crippen molar-refractivity contribution in [2.75, 3.05) is 19.8 Å². The van der Waals surface area contributed by atoms with Gasteiger partial charge in [0.15, 0.2) is 21.4 Å². The predicted molar refractivity (Wildman–Crippen MR) is 197 cm³/mol. The Morgan fingerprint density at radius 1 is 0.902 bits per heavy atom. The molecule has 288 valence electrons. The van der Waals surface area contributed by atoms with Crippen molar-refractivity contribution in [2.45, 2.75) is 167 Å². The summed E-state index contributed by atoms with van der Waals surface area (Å²) in [4.78, 5) is 71.2. The third-order valence-electron chi connectivity index (χ3n) is 14.0. The van der Waals surface area contributed by atoms with E-state index in [1.54, 1.807) is 32.6 Å². The van der Waals surface area contributed by atoms with Gasteiger partial charge in [-0.05, 0) is 94.8 Å². The molecule has 5 aliphatic rings. The summed E-state index contributed by atoms with van der Waals surface area (Å²) in [6, 6.07) is -0.698. The highest BCUT2D eigenvalue weighted by molar-refractivity contribution is 7.93. The summed E-state index contributed by atoms with van der Waals surface area (Å²) < 4.78 is 32.4. The Morgan fingerprint density at radius 2 is 1.53 bits per heavy atom. The average Bonchev–Trinajstić information content (AvgIpc) is 3.92. The number of carbonyl (C=O) groups excluding carboxylic acids is 5. The quantitative estimate of drug-likeness (QED) is 0.211.